The zero-order valence-electron chi connectivity index (χ0n) is 8.83. The van der Waals surface area contributed by atoms with E-state index in [-0.39, 0.29) is 5.54 Å². The van der Waals surface area contributed by atoms with Gasteiger partial charge in [0.05, 0.1) is 5.60 Å². The molecule has 0 heterocycles. The second-order valence-electron chi connectivity index (χ2n) is 4.84. The first kappa shape index (κ1) is 11.1. The number of hydrogen-bond donors (Lipinski definition) is 2. The van der Waals surface area contributed by atoms with E-state index < -0.39 is 5.60 Å². The highest BCUT2D eigenvalue weighted by Gasteiger charge is 2.43. The van der Waals surface area contributed by atoms with Gasteiger partial charge in [-0.3, -0.25) is 0 Å². The third-order valence-corrected chi connectivity index (χ3v) is 3.70. The van der Waals surface area contributed by atoms with Crippen LogP contribution >= 0.6 is 15.9 Å². The van der Waals surface area contributed by atoms with Crippen molar-refractivity contribution in [1.82, 2.24) is 0 Å². The van der Waals surface area contributed by atoms with Gasteiger partial charge >= 0.3 is 0 Å². The Labute approximate surface area is 98.6 Å². The van der Waals surface area contributed by atoms with E-state index in [0.29, 0.717) is 6.42 Å². The van der Waals surface area contributed by atoms with Gasteiger partial charge in [0.2, 0.25) is 0 Å². The van der Waals surface area contributed by atoms with Gasteiger partial charge in [0.15, 0.2) is 0 Å². The van der Waals surface area contributed by atoms with Gasteiger partial charge < -0.3 is 10.8 Å². The summed E-state index contributed by atoms with van der Waals surface area (Å²) < 4.78 is 1.04. The molecule has 1 fully saturated rings. The van der Waals surface area contributed by atoms with Crippen LogP contribution in [0.2, 0.25) is 0 Å². The summed E-state index contributed by atoms with van der Waals surface area (Å²) in [5.74, 6) is 0. The first-order valence-electron chi connectivity index (χ1n) is 5.19. The van der Waals surface area contributed by atoms with Gasteiger partial charge in [-0.2, -0.15) is 0 Å². The third kappa shape index (κ3) is 2.25. The molecule has 1 aromatic carbocycles. The maximum atomic E-state index is 9.97. The highest BCUT2D eigenvalue weighted by Crippen LogP contribution is 2.42. The standard InChI is InChI=1S/C12H16BrNO/c1-11(15)5-6-12(14,8-11)9-3-2-4-10(13)7-9/h2-4,7,15H,5-6,8,14H2,1H3. The summed E-state index contributed by atoms with van der Waals surface area (Å²) >= 11 is 3.44. The number of nitrogens with two attached hydrogens (primary N) is 1. The molecular formula is C12H16BrNO. The smallest absolute Gasteiger partial charge is 0.0641 e. The molecule has 1 aromatic rings. The van der Waals surface area contributed by atoms with E-state index in [1.165, 1.54) is 0 Å². The summed E-state index contributed by atoms with van der Waals surface area (Å²) in [7, 11) is 0. The molecule has 0 aliphatic heterocycles. The Morgan fingerprint density at radius 3 is 2.67 bits per heavy atom. The van der Waals surface area contributed by atoms with Crippen molar-refractivity contribution in [2.45, 2.75) is 37.3 Å². The van der Waals surface area contributed by atoms with Crippen LogP contribution in [0.3, 0.4) is 0 Å². The zero-order valence-corrected chi connectivity index (χ0v) is 10.4. The number of hydrogen-bond acceptors (Lipinski definition) is 2. The molecule has 1 aliphatic rings. The summed E-state index contributed by atoms with van der Waals surface area (Å²) in [5.41, 5.74) is 6.47. The van der Waals surface area contributed by atoms with Gasteiger partial charge in [0.1, 0.15) is 0 Å². The Bertz CT molecular complexity index is 378. The lowest BCUT2D eigenvalue weighted by molar-refractivity contribution is 0.0611. The van der Waals surface area contributed by atoms with E-state index in [2.05, 4.69) is 15.9 Å². The summed E-state index contributed by atoms with van der Waals surface area (Å²) in [4.78, 5) is 0. The SMILES string of the molecule is CC1(O)CCC(N)(c2cccc(Br)c2)C1. The van der Waals surface area contributed by atoms with Crippen LogP contribution < -0.4 is 5.73 Å². The van der Waals surface area contributed by atoms with Crippen LogP contribution in [0.1, 0.15) is 31.7 Å². The molecule has 0 amide bonds. The maximum Gasteiger partial charge on any atom is 0.0641 e. The normalized spacial score (nSPS) is 35.7. The number of aliphatic hydroxyl groups is 1. The monoisotopic (exact) mass is 269 g/mol. The van der Waals surface area contributed by atoms with Crippen LogP contribution in [0.25, 0.3) is 0 Å². The summed E-state index contributed by atoms with van der Waals surface area (Å²) in [6.07, 6.45) is 2.25. The van der Waals surface area contributed by atoms with Crippen molar-refractivity contribution in [3.8, 4) is 0 Å². The zero-order chi connectivity index (χ0) is 11.1. The second kappa shape index (κ2) is 3.58. The molecule has 3 N–H and O–H groups in total. The largest absolute Gasteiger partial charge is 0.390 e. The lowest BCUT2D eigenvalue weighted by atomic mass is 9.88. The predicted octanol–water partition coefficient (Wildman–Crippen LogP) is 2.54. The molecule has 2 rings (SSSR count). The lowest BCUT2D eigenvalue weighted by Crippen LogP contribution is -2.36. The van der Waals surface area contributed by atoms with Gasteiger partial charge in [0.25, 0.3) is 0 Å². The minimum Gasteiger partial charge on any atom is -0.390 e. The summed E-state index contributed by atoms with van der Waals surface area (Å²) in [6, 6.07) is 8.05. The van der Waals surface area contributed by atoms with Crippen molar-refractivity contribution < 1.29 is 5.11 Å². The Morgan fingerprint density at radius 2 is 2.13 bits per heavy atom. The summed E-state index contributed by atoms with van der Waals surface area (Å²) in [6.45, 7) is 1.86. The van der Waals surface area contributed by atoms with Gasteiger partial charge in [0, 0.05) is 10.0 Å². The fraction of sp³-hybridized carbons (Fsp3) is 0.500. The molecule has 2 nitrogen and oxygen atoms in total. The fourth-order valence-electron chi connectivity index (χ4n) is 2.39. The molecule has 0 bridgehead atoms. The predicted molar refractivity (Wildman–Crippen MR) is 64.5 cm³/mol. The average molecular weight is 270 g/mol. The van der Waals surface area contributed by atoms with E-state index in [1.807, 2.05) is 31.2 Å². The van der Waals surface area contributed by atoms with Crippen molar-refractivity contribution in [3.05, 3.63) is 34.3 Å². The van der Waals surface area contributed by atoms with Crippen molar-refractivity contribution in [1.29, 1.82) is 0 Å². The van der Waals surface area contributed by atoms with Crippen LogP contribution in [-0.4, -0.2) is 10.7 Å². The highest BCUT2D eigenvalue weighted by atomic mass is 79.9. The Balaban J connectivity index is 2.31. The molecule has 1 aliphatic carbocycles. The molecule has 2 atom stereocenters. The first-order chi connectivity index (χ1) is 6.91. The van der Waals surface area contributed by atoms with Crippen molar-refractivity contribution in [2.24, 2.45) is 5.73 Å². The van der Waals surface area contributed by atoms with E-state index in [4.69, 9.17) is 5.73 Å². The van der Waals surface area contributed by atoms with Crippen LogP contribution in [0.5, 0.6) is 0 Å². The van der Waals surface area contributed by atoms with Crippen molar-refractivity contribution in [3.63, 3.8) is 0 Å². The summed E-state index contributed by atoms with van der Waals surface area (Å²) in [5, 5.41) is 9.97. The van der Waals surface area contributed by atoms with Gasteiger partial charge in [-0.05, 0) is 43.9 Å². The molecule has 0 spiro atoms. The van der Waals surface area contributed by atoms with Gasteiger partial charge in [-0.1, -0.05) is 28.1 Å². The van der Waals surface area contributed by atoms with E-state index in [9.17, 15) is 5.11 Å². The molecular weight excluding hydrogens is 254 g/mol. The lowest BCUT2D eigenvalue weighted by Gasteiger charge is -2.26. The molecule has 82 valence electrons. The molecule has 15 heavy (non-hydrogen) atoms. The highest BCUT2D eigenvalue weighted by molar-refractivity contribution is 9.10. The topological polar surface area (TPSA) is 46.2 Å². The Morgan fingerprint density at radius 1 is 1.40 bits per heavy atom. The first-order valence-corrected chi connectivity index (χ1v) is 5.98. The van der Waals surface area contributed by atoms with Crippen LogP contribution in [0.4, 0.5) is 0 Å². The maximum absolute atomic E-state index is 9.97. The molecule has 0 aromatic heterocycles. The average Bonchev–Trinajstić information content (AvgIpc) is 2.42. The van der Waals surface area contributed by atoms with Crippen LogP contribution in [0, 0.1) is 0 Å². The molecule has 3 heteroatoms. The Hall–Kier alpha value is -0.380. The molecule has 0 saturated heterocycles. The number of rotatable bonds is 1. The quantitative estimate of drug-likeness (QED) is 0.823. The minimum atomic E-state index is -0.614. The fourth-order valence-corrected chi connectivity index (χ4v) is 2.79. The van der Waals surface area contributed by atoms with E-state index in [0.717, 1.165) is 22.9 Å². The second-order valence-corrected chi connectivity index (χ2v) is 5.76. The molecule has 1 saturated carbocycles. The van der Waals surface area contributed by atoms with E-state index >= 15 is 0 Å². The number of benzene rings is 1. The third-order valence-electron chi connectivity index (χ3n) is 3.21. The van der Waals surface area contributed by atoms with Gasteiger partial charge in [-0.15, -0.1) is 0 Å². The molecule has 0 radical (unpaired) electrons. The minimum absolute atomic E-state index is 0.368. The number of halogens is 1. The van der Waals surface area contributed by atoms with Crippen molar-refractivity contribution in [2.75, 3.05) is 0 Å². The van der Waals surface area contributed by atoms with Crippen LogP contribution in [0.15, 0.2) is 28.7 Å². The van der Waals surface area contributed by atoms with E-state index in [1.54, 1.807) is 0 Å². The van der Waals surface area contributed by atoms with Crippen molar-refractivity contribution >= 4 is 15.9 Å². The molecule has 2 unspecified atom stereocenters. The Kier molecular flexibility index (Phi) is 2.65. The van der Waals surface area contributed by atoms with Gasteiger partial charge in [-0.25, -0.2) is 0 Å². The van der Waals surface area contributed by atoms with Crippen LogP contribution in [-0.2, 0) is 5.54 Å².